The molecular formula is C21H19ClFNO3S. The summed E-state index contributed by atoms with van der Waals surface area (Å²) in [6.07, 6.45) is 0. The predicted molar refractivity (Wildman–Crippen MR) is 109 cm³/mol. The fraction of sp³-hybridized carbons (Fsp3) is 0.143. The van der Waals surface area contributed by atoms with Gasteiger partial charge in [-0.15, -0.1) is 0 Å². The third-order valence-electron chi connectivity index (χ3n) is 4.39. The number of methoxy groups -OCH3 is 1. The van der Waals surface area contributed by atoms with Crippen molar-refractivity contribution in [1.29, 1.82) is 0 Å². The Morgan fingerprint density at radius 3 is 2.25 bits per heavy atom. The van der Waals surface area contributed by atoms with E-state index in [4.69, 9.17) is 16.3 Å². The van der Waals surface area contributed by atoms with Crippen LogP contribution in [0.3, 0.4) is 0 Å². The minimum Gasteiger partial charge on any atom is -0.497 e. The largest absolute Gasteiger partial charge is 0.497 e. The molecule has 0 heterocycles. The van der Waals surface area contributed by atoms with Gasteiger partial charge in [-0.25, -0.2) is 12.8 Å². The van der Waals surface area contributed by atoms with Gasteiger partial charge in [0.25, 0.3) is 10.0 Å². The summed E-state index contributed by atoms with van der Waals surface area (Å²) in [6, 6.07) is 18.6. The van der Waals surface area contributed by atoms with E-state index in [0.717, 1.165) is 17.7 Å². The van der Waals surface area contributed by atoms with Crippen molar-refractivity contribution in [3.8, 4) is 5.75 Å². The second-order valence-corrected chi connectivity index (χ2v) is 8.38. The molecule has 0 N–H and O–H groups in total. The zero-order chi connectivity index (χ0) is 20.3. The van der Waals surface area contributed by atoms with Crippen molar-refractivity contribution in [1.82, 2.24) is 0 Å². The molecule has 0 aliphatic rings. The second kappa shape index (κ2) is 8.20. The summed E-state index contributed by atoms with van der Waals surface area (Å²) in [4.78, 5) is -0.474. The molecule has 7 heteroatoms. The van der Waals surface area contributed by atoms with Gasteiger partial charge < -0.3 is 4.74 Å². The normalized spacial score (nSPS) is 12.4. The highest BCUT2D eigenvalue weighted by Crippen LogP contribution is 2.35. The first kappa shape index (κ1) is 20.2. The maximum absolute atomic E-state index is 14.4. The summed E-state index contributed by atoms with van der Waals surface area (Å²) in [7, 11) is -2.72. The molecule has 0 spiro atoms. The van der Waals surface area contributed by atoms with Crippen LogP contribution in [0.4, 0.5) is 10.1 Å². The summed E-state index contributed by atoms with van der Waals surface area (Å²) >= 11 is 5.94. The molecule has 3 aromatic carbocycles. The van der Waals surface area contributed by atoms with Crippen molar-refractivity contribution in [3.63, 3.8) is 0 Å². The first-order chi connectivity index (χ1) is 13.3. The van der Waals surface area contributed by atoms with Gasteiger partial charge in [0.1, 0.15) is 16.5 Å². The zero-order valence-corrected chi connectivity index (χ0v) is 16.9. The molecule has 1 unspecified atom stereocenters. The van der Waals surface area contributed by atoms with Crippen LogP contribution in [0.1, 0.15) is 18.5 Å². The van der Waals surface area contributed by atoms with E-state index in [1.807, 2.05) is 30.3 Å². The van der Waals surface area contributed by atoms with Gasteiger partial charge in [0.05, 0.1) is 18.8 Å². The average molecular weight is 420 g/mol. The Morgan fingerprint density at radius 2 is 1.64 bits per heavy atom. The SMILES string of the molecule is COc1ccc(N(C(C)c2ccccc2)S(=O)(=O)c2cc(Cl)ccc2F)cc1. The maximum atomic E-state index is 14.4. The van der Waals surface area contributed by atoms with Gasteiger partial charge in [-0.2, -0.15) is 0 Å². The molecule has 146 valence electrons. The molecule has 3 rings (SSSR count). The van der Waals surface area contributed by atoms with Crippen LogP contribution in [0, 0.1) is 5.82 Å². The zero-order valence-electron chi connectivity index (χ0n) is 15.3. The minimum absolute atomic E-state index is 0.141. The Kier molecular flexibility index (Phi) is 5.91. The molecule has 0 bridgehead atoms. The van der Waals surface area contributed by atoms with E-state index in [1.54, 1.807) is 31.2 Å². The summed E-state index contributed by atoms with van der Waals surface area (Å²) in [5.74, 6) is -0.273. The highest BCUT2D eigenvalue weighted by molar-refractivity contribution is 7.92. The van der Waals surface area contributed by atoms with E-state index in [2.05, 4.69) is 0 Å². The topological polar surface area (TPSA) is 46.6 Å². The summed E-state index contributed by atoms with van der Waals surface area (Å²) < 4.78 is 47.7. The van der Waals surface area contributed by atoms with E-state index < -0.39 is 26.8 Å². The molecule has 0 fully saturated rings. The molecule has 0 radical (unpaired) electrons. The molecule has 1 atom stereocenters. The molecular weight excluding hydrogens is 401 g/mol. The standard InChI is InChI=1S/C21H19ClFNO3S/c1-15(16-6-4-3-5-7-16)24(18-9-11-19(27-2)12-10-18)28(25,26)21-14-17(22)8-13-20(21)23/h3-15H,1-2H3. The number of nitrogens with zero attached hydrogens (tertiary/aromatic N) is 1. The number of anilines is 1. The highest BCUT2D eigenvalue weighted by atomic mass is 35.5. The first-order valence-corrected chi connectivity index (χ1v) is 10.3. The smallest absolute Gasteiger partial charge is 0.267 e. The fourth-order valence-corrected chi connectivity index (χ4v) is 4.92. The van der Waals surface area contributed by atoms with Gasteiger partial charge in [-0.1, -0.05) is 41.9 Å². The van der Waals surface area contributed by atoms with Crippen molar-refractivity contribution in [3.05, 3.63) is 89.2 Å². The van der Waals surface area contributed by atoms with Gasteiger partial charge in [0.15, 0.2) is 0 Å². The van der Waals surface area contributed by atoms with Crippen molar-refractivity contribution >= 4 is 27.3 Å². The van der Waals surface area contributed by atoms with E-state index in [0.29, 0.717) is 11.4 Å². The van der Waals surface area contributed by atoms with E-state index in [9.17, 15) is 12.8 Å². The van der Waals surface area contributed by atoms with Crippen LogP contribution in [0.5, 0.6) is 5.75 Å². The van der Waals surface area contributed by atoms with Gasteiger partial charge in [-0.3, -0.25) is 4.31 Å². The van der Waals surface area contributed by atoms with Gasteiger partial charge in [0.2, 0.25) is 0 Å². The fourth-order valence-electron chi connectivity index (χ4n) is 2.95. The number of halogens is 2. The first-order valence-electron chi connectivity index (χ1n) is 8.53. The molecule has 0 aliphatic heterocycles. The van der Waals surface area contributed by atoms with Crippen LogP contribution >= 0.6 is 11.6 Å². The Bertz CT molecular complexity index is 1060. The Hall–Kier alpha value is -2.57. The number of rotatable bonds is 6. The number of ether oxygens (including phenoxy) is 1. The van der Waals surface area contributed by atoms with E-state index in [1.165, 1.54) is 17.5 Å². The highest BCUT2D eigenvalue weighted by Gasteiger charge is 2.32. The lowest BCUT2D eigenvalue weighted by Gasteiger charge is -2.31. The molecule has 3 aromatic rings. The second-order valence-electron chi connectivity index (χ2n) is 6.16. The van der Waals surface area contributed by atoms with Crippen LogP contribution in [-0.4, -0.2) is 15.5 Å². The van der Waals surface area contributed by atoms with Crippen molar-refractivity contribution < 1.29 is 17.5 Å². The van der Waals surface area contributed by atoms with Crippen LogP contribution < -0.4 is 9.04 Å². The van der Waals surface area contributed by atoms with Crippen LogP contribution in [0.25, 0.3) is 0 Å². The van der Waals surface area contributed by atoms with E-state index in [-0.39, 0.29) is 5.02 Å². The van der Waals surface area contributed by atoms with Crippen molar-refractivity contribution in [2.45, 2.75) is 17.9 Å². The van der Waals surface area contributed by atoms with Gasteiger partial charge in [-0.05, 0) is 55.0 Å². The molecule has 4 nitrogen and oxygen atoms in total. The molecule has 0 amide bonds. The summed E-state index contributed by atoms with van der Waals surface area (Å²) in [5.41, 5.74) is 1.15. The number of hydrogen-bond acceptors (Lipinski definition) is 3. The molecule has 0 saturated carbocycles. The van der Waals surface area contributed by atoms with Crippen LogP contribution in [-0.2, 0) is 10.0 Å². The predicted octanol–water partition coefficient (Wildman–Crippen LogP) is 5.44. The van der Waals surface area contributed by atoms with Crippen molar-refractivity contribution in [2.75, 3.05) is 11.4 Å². The number of hydrogen-bond donors (Lipinski definition) is 0. The number of sulfonamides is 1. The molecule has 0 saturated heterocycles. The van der Waals surface area contributed by atoms with Gasteiger partial charge in [0, 0.05) is 5.02 Å². The lowest BCUT2D eigenvalue weighted by Crippen LogP contribution is -2.34. The van der Waals surface area contributed by atoms with E-state index >= 15 is 0 Å². The van der Waals surface area contributed by atoms with Crippen LogP contribution in [0.15, 0.2) is 77.7 Å². The third kappa shape index (κ3) is 3.98. The average Bonchev–Trinajstić information content (AvgIpc) is 2.71. The molecule has 0 aliphatic carbocycles. The van der Waals surface area contributed by atoms with Crippen molar-refractivity contribution in [2.24, 2.45) is 0 Å². The quantitative estimate of drug-likeness (QED) is 0.534. The Morgan fingerprint density at radius 1 is 1.00 bits per heavy atom. The van der Waals surface area contributed by atoms with Crippen LogP contribution in [0.2, 0.25) is 5.02 Å². The minimum atomic E-state index is -4.24. The monoisotopic (exact) mass is 419 g/mol. The summed E-state index contributed by atoms with van der Waals surface area (Å²) in [6.45, 7) is 1.75. The molecule has 0 aromatic heterocycles. The lowest BCUT2D eigenvalue weighted by atomic mass is 10.1. The summed E-state index contributed by atoms with van der Waals surface area (Å²) in [5, 5.41) is 0.141. The Balaban J connectivity index is 2.18. The number of benzene rings is 3. The molecule has 28 heavy (non-hydrogen) atoms. The Labute approximate surface area is 169 Å². The lowest BCUT2D eigenvalue weighted by molar-refractivity contribution is 0.415. The maximum Gasteiger partial charge on any atom is 0.267 e. The van der Waals surface area contributed by atoms with Gasteiger partial charge >= 0.3 is 0 Å². The third-order valence-corrected chi connectivity index (χ3v) is 6.54.